The van der Waals surface area contributed by atoms with E-state index in [1.807, 2.05) is 17.9 Å². The fraction of sp³-hybridized carbons (Fsp3) is 0.294. The summed E-state index contributed by atoms with van der Waals surface area (Å²) in [4.78, 5) is 23.0. The number of nitrogens with one attached hydrogen (secondary N) is 2. The van der Waals surface area contributed by atoms with Crippen LogP contribution < -0.4 is 5.32 Å². The first-order chi connectivity index (χ1) is 11.3. The van der Waals surface area contributed by atoms with E-state index in [2.05, 4.69) is 33.5 Å². The van der Waals surface area contributed by atoms with Gasteiger partial charge in [-0.05, 0) is 25.0 Å². The zero-order chi connectivity index (χ0) is 15.8. The van der Waals surface area contributed by atoms with Gasteiger partial charge in [-0.2, -0.15) is 0 Å². The van der Waals surface area contributed by atoms with Crippen molar-refractivity contribution < 1.29 is 4.79 Å². The summed E-state index contributed by atoms with van der Waals surface area (Å²) >= 11 is 1.42. The monoisotopic (exact) mass is 326 g/mol. The molecule has 0 bridgehead atoms. The number of carbonyl (C=O) groups excluding carboxylic acids is 1. The van der Waals surface area contributed by atoms with Gasteiger partial charge in [0.1, 0.15) is 4.88 Å². The van der Waals surface area contributed by atoms with Crippen LogP contribution in [-0.2, 0) is 13.0 Å². The van der Waals surface area contributed by atoms with Crippen molar-refractivity contribution in [2.45, 2.75) is 19.9 Å². The van der Waals surface area contributed by atoms with Crippen LogP contribution in [0.25, 0.3) is 10.9 Å². The maximum absolute atomic E-state index is 12.7. The Morgan fingerprint density at radius 2 is 2.30 bits per heavy atom. The van der Waals surface area contributed by atoms with Gasteiger partial charge >= 0.3 is 0 Å². The molecule has 0 saturated carbocycles. The number of carbonyl (C=O) groups is 1. The third-order valence-corrected chi connectivity index (χ3v) is 5.16. The van der Waals surface area contributed by atoms with Crippen molar-refractivity contribution in [3.8, 4) is 0 Å². The number of anilines is 1. The van der Waals surface area contributed by atoms with Crippen LogP contribution in [0.3, 0.4) is 0 Å². The second-order valence-electron chi connectivity index (χ2n) is 5.66. The predicted octanol–water partition coefficient (Wildman–Crippen LogP) is 3.25. The number of thiazole rings is 1. The molecule has 118 valence electrons. The number of benzene rings is 1. The molecular formula is C17H18N4OS. The average molecular weight is 326 g/mol. The van der Waals surface area contributed by atoms with Crippen molar-refractivity contribution in [3.05, 3.63) is 46.6 Å². The molecule has 3 heterocycles. The first-order valence-electron chi connectivity index (χ1n) is 7.83. The highest BCUT2D eigenvalue weighted by Gasteiger charge is 2.25. The number of hydrogen-bond acceptors (Lipinski definition) is 4. The number of aromatic amines is 1. The van der Waals surface area contributed by atoms with Gasteiger partial charge in [0.25, 0.3) is 5.91 Å². The molecule has 3 aromatic rings. The van der Waals surface area contributed by atoms with Gasteiger partial charge in [-0.1, -0.05) is 29.5 Å². The third kappa shape index (κ3) is 2.49. The highest BCUT2D eigenvalue weighted by Crippen LogP contribution is 2.29. The number of fused-ring (bicyclic) bond motifs is 3. The second kappa shape index (κ2) is 5.70. The minimum absolute atomic E-state index is 0.0657. The molecular weight excluding hydrogens is 308 g/mol. The smallest absolute Gasteiger partial charge is 0.266 e. The molecule has 0 atom stereocenters. The van der Waals surface area contributed by atoms with Gasteiger partial charge in [0, 0.05) is 29.7 Å². The van der Waals surface area contributed by atoms with Gasteiger partial charge in [0.15, 0.2) is 5.13 Å². The lowest BCUT2D eigenvalue weighted by atomic mass is 10.0. The molecule has 2 N–H and O–H groups in total. The molecule has 1 aliphatic heterocycles. The summed E-state index contributed by atoms with van der Waals surface area (Å²) in [5.74, 6) is 0.0657. The van der Waals surface area contributed by atoms with E-state index in [0.29, 0.717) is 11.4 Å². The van der Waals surface area contributed by atoms with Crippen molar-refractivity contribution in [2.24, 2.45) is 0 Å². The van der Waals surface area contributed by atoms with Gasteiger partial charge in [-0.3, -0.25) is 4.79 Å². The van der Waals surface area contributed by atoms with Gasteiger partial charge in [-0.15, -0.1) is 0 Å². The van der Waals surface area contributed by atoms with Crippen molar-refractivity contribution in [3.63, 3.8) is 0 Å². The zero-order valence-electron chi connectivity index (χ0n) is 12.9. The van der Waals surface area contributed by atoms with E-state index in [1.54, 1.807) is 6.20 Å². The van der Waals surface area contributed by atoms with E-state index < -0.39 is 0 Å². The minimum Gasteiger partial charge on any atom is -0.362 e. The highest BCUT2D eigenvalue weighted by atomic mass is 32.1. The van der Waals surface area contributed by atoms with Crippen LogP contribution in [0.15, 0.2) is 30.5 Å². The van der Waals surface area contributed by atoms with E-state index in [1.165, 1.54) is 22.3 Å². The Labute approximate surface area is 138 Å². The summed E-state index contributed by atoms with van der Waals surface area (Å²) < 4.78 is 0. The zero-order valence-corrected chi connectivity index (χ0v) is 13.7. The summed E-state index contributed by atoms with van der Waals surface area (Å²) in [6.07, 6.45) is 2.57. The lowest BCUT2D eigenvalue weighted by Gasteiger charge is -2.26. The van der Waals surface area contributed by atoms with E-state index >= 15 is 0 Å². The molecule has 2 aromatic heterocycles. The first kappa shape index (κ1) is 14.3. The van der Waals surface area contributed by atoms with Crippen molar-refractivity contribution in [1.82, 2.24) is 14.9 Å². The number of rotatable bonds is 3. The molecule has 1 amide bonds. The summed E-state index contributed by atoms with van der Waals surface area (Å²) in [5.41, 5.74) is 3.66. The molecule has 5 nitrogen and oxygen atoms in total. The third-order valence-electron chi connectivity index (χ3n) is 4.21. The van der Waals surface area contributed by atoms with E-state index in [-0.39, 0.29) is 5.91 Å². The molecule has 0 saturated heterocycles. The van der Waals surface area contributed by atoms with Crippen LogP contribution >= 0.6 is 11.3 Å². The molecule has 23 heavy (non-hydrogen) atoms. The van der Waals surface area contributed by atoms with Gasteiger partial charge < -0.3 is 15.2 Å². The lowest BCUT2D eigenvalue weighted by Crippen LogP contribution is -2.35. The summed E-state index contributed by atoms with van der Waals surface area (Å²) in [7, 11) is 0. The molecule has 0 unspecified atom stereocenters. The van der Waals surface area contributed by atoms with Crippen molar-refractivity contribution in [1.29, 1.82) is 0 Å². The fourth-order valence-electron chi connectivity index (χ4n) is 3.13. The Morgan fingerprint density at radius 1 is 1.43 bits per heavy atom. The highest BCUT2D eigenvalue weighted by molar-refractivity contribution is 7.17. The Balaban J connectivity index is 1.58. The van der Waals surface area contributed by atoms with Crippen molar-refractivity contribution >= 4 is 33.3 Å². The molecule has 0 fully saturated rings. The molecule has 0 spiro atoms. The molecule has 1 aromatic carbocycles. The van der Waals surface area contributed by atoms with Gasteiger partial charge in [0.2, 0.25) is 0 Å². The second-order valence-corrected chi connectivity index (χ2v) is 6.70. The number of H-pyrrole nitrogens is 1. The van der Waals surface area contributed by atoms with E-state index in [9.17, 15) is 4.79 Å². The number of hydrogen-bond donors (Lipinski definition) is 2. The first-order valence-corrected chi connectivity index (χ1v) is 8.65. The summed E-state index contributed by atoms with van der Waals surface area (Å²) in [6.45, 7) is 4.22. The van der Waals surface area contributed by atoms with Crippen LogP contribution in [0.4, 0.5) is 5.13 Å². The van der Waals surface area contributed by atoms with Crippen LogP contribution in [0, 0.1) is 0 Å². The molecule has 6 heteroatoms. The van der Waals surface area contributed by atoms with Crippen LogP contribution in [0.1, 0.15) is 27.9 Å². The fourth-order valence-corrected chi connectivity index (χ4v) is 3.98. The number of nitrogens with zero attached hydrogens (tertiary/aromatic N) is 2. The quantitative estimate of drug-likeness (QED) is 0.776. The molecule has 0 aliphatic carbocycles. The Kier molecular flexibility index (Phi) is 3.53. The van der Waals surface area contributed by atoms with Gasteiger partial charge in [0.05, 0.1) is 12.7 Å². The summed E-state index contributed by atoms with van der Waals surface area (Å²) in [6, 6.07) is 8.33. The maximum atomic E-state index is 12.7. The van der Waals surface area contributed by atoms with E-state index in [0.717, 1.165) is 35.9 Å². The number of amides is 1. The number of para-hydroxylation sites is 1. The molecule has 0 radical (unpaired) electrons. The molecule has 4 rings (SSSR count). The summed E-state index contributed by atoms with van der Waals surface area (Å²) in [5, 5.41) is 5.23. The largest absolute Gasteiger partial charge is 0.362 e. The van der Waals surface area contributed by atoms with Gasteiger partial charge in [-0.25, -0.2) is 4.98 Å². The van der Waals surface area contributed by atoms with Crippen LogP contribution in [-0.4, -0.2) is 33.9 Å². The topological polar surface area (TPSA) is 61.0 Å². The standard InChI is InChI=1S/C17H18N4OS/c1-2-18-17-19-9-15(23-17)16(22)21-8-7-12-11-5-3-4-6-13(11)20-14(12)10-21/h3-6,9,20H,2,7-8,10H2,1H3,(H,18,19). The Hall–Kier alpha value is -2.34. The lowest BCUT2D eigenvalue weighted by molar-refractivity contribution is 0.0737. The minimum atomic E-state index is 0.0657. The Bertz CT molecular complexity index is 866. The Morgan fingerprint density at radius 3 is 3.17 bits per heavy atom. The maximum Gasteiger partial charge on any atom is 0.266 e. The van der Waals surface area contributed by atoms with E-state index in [4.69, 9.17) is 0 Å². The predicted molar refractivity (Wildman–Crippen MR) is 93.0 cm³/mol. The van der Waals surface area contributed by atoms with Crippen LogP contribution in [0.2, 0.25) is 0 Å². The normalized spacial score (nSPS) is 14.0. The van der Waals surface area contributed by atoms with Crippen molar-refractivity contribution in [2.75, 3.05) is 18.4 Å². The number of aromatic nitrogens is 2. The van der Waals surface area contributed by atoms with Crippen LogP contribution in [0.5, 0.6) is 0 Å². The average Bonchev–Trinajstić information content (AvgIpc) is 3.18. The molecule has 1 aliphatic rings. The SMILES string of the molecule is CCNc1ncc(C(=O)N2CCc3c([nH]c4ccccc34)C2)s1.